The van der Waals surface area contributed by atoms with Crippen LogP contribution in [0, 0.1) is 6.92 Å². The van der Waals surface area contributed by atoms with Crippen LogP contribution < -0.4 is 0 Å². The van der Waals surface area contributed by atoms with E-state index >= 15 is 0 Å². The Balaban J connectivity index is 2.23. The molecule has 0 saturated carbocycles. The summed E-state index contributed by atoms with van der Waals surface area (Å²) in [6, 6.07) is 6.84. The molecule has 0 spiro atoms. The minimum atomic E-state index is 1.20. The number of benzene rings is 1. The van der Waals surface area contributed by atoms with Crippen LogP contribution in [0.25, 0.3) is 11.1 Å². The molecule has 3 rings (SSSR count). The molecular formula is C14H14S3. The Morgan fingerprint density at radius 3 is 2.94 bits per heavy atom. The van der Waals surface area contributed by atoms with E-state index in [9.17, 15) is 0 Å². The number of hydrogen-bond acceptors (Lipinski definition) is 3. The summed E-state index contributed by atoms with van der Waals surface area (Å²) in [7, 11) is 0. The van der Waals surface area contributed by atoms with Crippen LogP contribution in [0.2, 0.25) is 0 Å². The molecule has 0 nitrogen and oxygen atoms in total. The number of fused-ring (bicyclic) bond motifs is 3. The molecule has 1 aromatic heterocycles. The molecule has 1 aromatic carbocycles. The fraction of sp³-hybridized carbons (Fsp3) is 0.286. The molecule has 0 N–H and O–H groups in total. The number of hydrogen-bond donors (Lipinski definition) is 0. The number of thioether (sulfide) groups is 2. The molecule has 2 heterocycles. The van der Waals surface area contributed by atoms with Gasteiger partial charge < -0.3 is 0 Å². The summed E-state index contributed by atoms with van der Waals surface area (Å²) >= 11 is 5.78. The van der Waals surface area contributed by atoms with Crippen molar-refractivity contribution in [2.24, 2.45) is 0 Å². The zero-order valence-corrected chi connectivity index (χ0v) is 12.4. The van der Waals surface area contributed by atoms with Crippen LogP contribution in [-0.4, -0.2) is 12.0 Å². The molecule has 0 aliphatic carbocycles. The first-order chi connectivity index (χ1) is 8.29. The van der Waals surface area contributed by atoms with Gasteiger partial charge in [0.1, 0.15) is 0 Å². The van der Waals surface area contributed by atoms with Crippen molar-refractivity contribution in [3.8, 4) is 11.1 Å². The van der Waals surface area contributed by atoms with Crippen molar-refractivity contribution in [1.29, 1.82) is 0 Å². The molecule has 0 atom stereocenters. The van der Waals surface area contributed by atoms with E-state index in [1.807, 2.05) is 34.9 Å². The summed E-state index contributed by atoms with van der Waals surface area (Å²) in [5, 5.41) is 2.34. The van der Waals surface area contributed by atoms with Gasteiger partial charge in [0.15, 0.2) is 0 Å². The average molecular weight is 278 g/mol. The molecule has 0 bridgehead atoms. The molecule has 1 aliphatic rings. The van der Waals surface area contributed by atoms with Crippen molar-refractivity contribution in [2.45, 2.75) is 22.4 Å². The lowest BCUT2D eigenvalue weighted by atomic mass is 10.0. The van der Waals surface area contributed by atoms with Gasteiger partial charge >= 0.3 is 0 Å². The van der Waals surface area contributed by atoms with Gasteiger partial charge in [-0.25, -0.2) is 0 Å². The molecule has 1 aliphatic heterocycles. The fourth-order valence-corrected chi connectivity index (χ4v) is 5.09. The highest BCUT2D eigenvalue weighted by atomic mass is 32.2. The largest absolute Gasteiger partial charge is 0.136 e. The Morgan fingerprint density at radius 2 is 2.12 bits per heavy atom. The second-order valence-corrected chi connectivity index (χ2v) is 7.31. The quantitative estimate of drug-likeness (QED) is 0.666. The zero-order chi connectivity index (χ0) is 11.8. The highest BCUT2D eigenvalue weighted by Gasteiger charge is 2.18. The molecule has 0 unspecified atom stereocenters. The van der Waals surface area contributed by atoms with Crippen molar-refractivity contribution >= 4 is 34.9 Å². The molecule has 0 radical (unpaired) electrons. The Kier molecular flexibility index (Phi) is 3.24. The minimum absolute atomic E-state index is 1.20. The number of rotatable bonds is 1. The summed E-state index contributed by atoms with van der Waals surface area (Å²) in [6.07, 6.45) is 3.38. The van der Waals surface area contributed by atoms with Crippen molar-refractivity contribution < 1.29 is 0 Å². The van der Waals surface area contributed by atoms with E-state index in [-0.39, 0.29) is 0 Å². The van der Waals surface area contributed by atoms with Crippen LogP contribution in [0.1, 0.15) is 11.1 Å². The van der Waals surface area contributed by atoms with Gasteiger partial charge in [-0.1, -0.05) is 17.7 Å². The third kappa shape index (κ3) is 2.05. The van der Waals surface area contributed by atoms with Crippen molar-refractivity contribution in [3.63, 3.8) is 0 Å². The van der Waals surface area contributed by atoms with Crippen molar-refractivity contribution in [3.05, 3.63) is 34.7 Å². The fourth-order valence-electron chi connectivity index (χ4n) is 2.24. The van der Waals surface area contributed by atoms with Crippen LogP contribution in [0.3, 0.4) is 0 Å². The molecular weight excluding hydrogens is 264 g/mol. The maximum atomic E-state index is 2.34. The Hall–Kier alpha value is -0.380. The lowest BCUT2D eigenvalue weighted by Crippen LogP contribution is -1.86. The van der Waals surface area contributed by atoms with E-state index in [0.717, 1.165) is 0 Å². The summed E-state index contributed by atoms with van der Waals surface area (Å²) in [6.45, 7) is 2.18. The van der Waals surface area contributed by atoms with Gasteiger partial charge in [0.05, 0.1) is 4.21 Å². The SMILES string of the molecule is CSc1scc2c1CCSc1ccc(C)cc1-2. The van der Waals surface area contributed by atoms with E-state index in [1.54, 1.807) is 5.56 Å². The van der Waals surface area contributed by atoms with Crippen molar-refractivity contribution in [2.75, 3.05) is 12.0 Å². The van der Waals surface area contributed by atoms with Crippen LogP contribution in [0.5, 0.6) is 0 Å². The first-order valence-corrected chi connectivity index (χ1v) is 8.77. The lowest BCUT2D eigenvalue weighted by Gasteiger charge is -2.06. The third-order valence-corrected chi connectivity index (χ3v) is 6.37. The summed E-state index contributed by atoms with van der Waals surface area (Å²) in [4.78, 5) is 1.44. The maximum absolute atomic E-state index is 2.34. The highest BCUT2D eigenvalue weighted by molar-refractivity contribution is 8.00. The van der Waals surface area contributed by atoms with Gasteiger partial charge in [-0.05, 0) is 42.4 Å². The van der Waals surface area contributed by atoms with Gasteiger partial charge in [0, 0.05) is 16.0 Å². The van der Waals surface area contributed by atoms with E-state index in [1.165, 1.54) is 38.0 Å². The molecule has 88 valence electrons. The predicted molar refractivity (Wildman–Crippen MR) is 80.7 cm³/mol. The monoisotopic (exact) mass is 278 g/mol. The van der Waals surface area contributed by atoms with Crippen LogP contribution in [0.15, 0.2) is 32.7 Å². The molecule has 2 aromatic rings. The summed E-state index contributed by atoms with van der Waals surface area (Å²) < 4.78 is 1.50. The van der Waals surface area contributed by atoms with Crippen LogP contribution in [-0.2, 0) is 6.42 Å². The van der Waals surface area contributed by atoms with Gasteiger partial charge in [-0.3, -0.25) is 0 Å². The van der Waals surface area contributed by atoms with E-state index < -0.39 is 0 Å². The maximum Gasteiger partial charge on any atom is 0.0634 e. The smallest absolute Gasteiger partial charge is 0.0634 e. The minimum Gasteiger partial charge on any atom is -0.136 e. The van der Waals surface area contributed by atoms with Gasteiger partial charge in [0.2, 0.25) is 0 Å². The first kappa shape index (κ1) is 11.7. The highest BCUT2D eigenvalue weighted by Crippen LogP contribution is 2.44. The number of aryl methyl sites for hydroxylation is 1. The van der Waals surface area contributed by atoms with Gasteiger partial charge in [0.25, 0.3) is 0 Å². The molecule has 0 saturated heterocycles. The molecule has 17 heavy (non-hydrogen) atoms. The Morgan fingerprint density at radius 1 is 1.24 bits per heavy atom. The molecule has 0 amide bonds. The van der Waals surface area contributed by atoms with E-state index in [4.69, 9.17) is 0 Å². The second kappa shape index (κ2) is 4.71. The van der Waals surface area contributed by atoms with Gasteiger partial charge in [-0.2, -0.15) is 0 Å². The second-order valence-electron chi connectivity index (χ2n) is 4.22. The van der Waals surface area contributed by atoms with Crippen LogP contribution >= 0.6 is 34.9 Å². The normalized spacial score (nSPS) is 14.0. The Bertz CT molecular complexity index is 555. The Labute approximate surface area is 115 Å². The first-order valence-electron chi connectivity index (χ1n) is 5.68. The molecule has 3 heteroatoms. The standard InChI is InChI=1S/C14H14S3/c1-9-3-4-13-11(7-9)12-8-17-14(15-2)10(12)5-6-16-13/h3-4,7-8H,5-6H2,1-2H3. The third-order valence-electron chi connectivity index (χ3n) is 3.08. The van der Waals surface area contributed by atoms with Crippen LogP contribution in [0.4, 0.5) is 0 Å². The van der Waals surface area contributed by atoms with Crippen molar-refractivity contribution in [1.82, 2.24) is 0 Å². The predicted octanol–water partition coefficient (Wildman–Crippen LogP) is 5.09. The van der Waals surface area contributed by atoms with E-state index in [0.29, 0.717) is 0 Å². The van der Waals surface area contributed by atoms with Gasteiger partial charge in [-0.15, -0.1) is 34.9 Å². The summed E-state index contributed by atoms with van der Waals surface area (Å²) in [5.41, 5.74) is 5.84. The molecule has 0 fully saturated rings. The number of thiophene rings is 1. The summed E-state index contributed by atoms with van der Waals surface area (Å²) in [5.74, 6) is 1.20. The topological polar surface area (TPSA) is 0 Å². The van der Waals surface area contributed by atoms with E-state index in [2.05, 4.69) is 36.8 Å². The zero-order valence-electron chi connectivity index (χ0n) is 9.95. The average Bonchev–Trinajstić information content (AvgIpc) is 2.66. The lowest BCUT2D eigenvalue weighted by molar-refractivity contribution is 1.14.